The Morgan fingerprint density at radius 2 is 1.67 bits per heavy atom. The largest absolute Gasteiger partial charge is 0.319 e. The highest BCUT2D eigenvalue weighted by Gasteiger charge is 2.12. The molecular weight excluding hydrogens is 326 g/mol. The molecule has 0 aliphatic heterocycles. The third-order valence-electron chi connectivity index (χ3n) is 3.63. The highest BCUT2D eigenvalue weighted by atomic mass is 79.9. The van der Waals surface area contributed by atoms with Gasteiger partial charge in [0, 0.05) is 21.4 Å². The number of halogens is 1. The average molecular weight is 348 g/mol. The zero-order valence-corrected chi connectivity index (χ0v) is 14.7. The summed E-state index contributed by atoms with van der Waals surface area (Å²) >= 11 is 3.45. The van der Waals surface area contributed by atoms with Crippen molar-refractivity contribution in [3.63, 3.8) is 0 Å². The molecule has 0 bridgehead atoms. The van der Waals surface area contributed by atoms with Crippen LogP contribution in [0.25, 0.3) is 11.4 Å². The van der Waals surface area contributed by atoms with Gasteiger partial charge in [-0.3, -0.25) is 0 Å². The van der Waals surface area contributed by atoms with Crippen LogP contribution < -0.4 is 5.32 Å². The van der Waals surface area contributed by atoms with Crippen molar-refractivity contribution in [2.45, 2.75) is 27.2 Å². The van der Waals surface area contributed by atoms with Gasteiger partial charge in [0.1, 0.15) is 0 Å². The Bertz CT molecular complexity index is 585. The molecule has 2 aromatic rings. The van der Waals surface area contributed by atoms with Crippen molar-refractivity contribution in [2.75, 3.05) is 13.6 Å². The van der Waals surface area contributed by atoms with Gasteiger partial charge in [0.2, 0.25) is 0 Å². The van der Waals surface area contributed by atoms with E-state index < -0.39 is 0 Å². The van der Waals surface area contributed by atoms with E-state index in [4.69, 9.17) is 9.97 Å². The Morgan fingerprint density at radius 1 is 1.10 bits per heavy atom. The van der Waals surface area contributed by atoms with Crippen molar-refractivity contribution >= 4 is 15.9 Å². The third kappa shape index (κ3) is 4.11. The molecule has 1 aromatic heterocycles. The molecule has 0 aliphatic rings. The molecule has 0 amide bonds. The minimum absolute atomic E-state index is 0.578. The summed E-state index contributed by atoms with van der Waals surface area (Å²) in [6, 6.07) is 8.13. The molecule has 1 N–H and O–H groups in total. The first kappa shape index (κ1) is 16.1. The molecule has 2 rings (SSSR count). The Hall–Kier alpha value is -1.26. The second-order valence-electron chi connectivity index (χ2n) is 5.57. The summed E-state index contributed by atoms with van der Waals surface area (Å²) in [5.41, 5.74) is 4.50. The van der Waals surface area contributed by atoms with E-state index in [0.29, 0.717) is 5.92 Å². The van der Waals surface area contributed by atoms with Crippen LogP contribution in [0.5, 0.6) is 0 Å². The maximum atomic E-state index is 4.70. The molecule has 1 atom stereocenters. The van der Waals surface area contributed by atoms with E-state index in [9.17, 15) is 0 Å². The number of aryl methyl sites for hydroxylation is 2. The van der Waals surface area contributed by atoms with Crippen LogP contribution in [0.1, 0.15) is 23.9 Å². The summed E-state index contributed by atoms with van der Waals surface area (Å²) in [5, 5.41) is 3.22. The van der Waals surface area contributed by atoms with E-state index in [0.717, 1.165) is 40.2 Å². The number of hydrogen-bond donors (Lipinski definition) is 1. The lowest BCUT2D eigenvalue weighted by atomic mass is 9.98. The van der Waals surface area contributed by atoms with E-state index >= 15 is 0 Å². The van der Waals surface area contributed by atoms with E-state index in [1.54, 1.807) is 0 Å². The molecule has 0 spiro atoms. The standard InChI is InChI=1S/C17H22BrN3/c1-11(10-19-4)9-16-12(2)20-17(21-13(16)3)14-5-7-15(18)8-6-14/h5-8,11,19H,9-10H2,1-4H3. The monoisotopic (exact) mass is 347 g/mol. The highest BCUT2D eigenvalue weighted by Crippen LogP contribution is 2.22. The second-order valence-corrected chi connectivity index (χ2v) is 6.49. The van der Waals surface area contributed by atoms with Crippen LogP contribution in [0.4, 0.5) is 0 Å². The number of aromatic nitrogens is 2. The molecule has 0 saturated heterocycles. The van der Waals surface area contributed by atoms with Gasteiger partial charge >= 0.3 is 0 Å². The van der Waals surface area contributed by atoms with Gasteiger partial charge in [0.15, 0.2) is 5.82 Å². The smallest absolute Gasteiger partial charge is 0.159 e. The van der Waals surface area contributed by atoms with E-state index in [2.05, 4.69) is 42.0 Å². The zero-order valence-electron chi connectivity index (χ0n) is 13.1. The maximum Gasteiger partial charge on any atom is 0.159 e. The lowest BCUT2D eigenvalue weighted by Gasteiger charge is -2.15. The van der Waals surface area contributed by atoms with Gasteiger partial charge < -0.3 is 5.32 Å². The van der Waals surface area contributed by atoms with Gasteiger partial charge in [-0.05, 0) is 57.5 Å². The quantitative estimate of drug-likeness (QED) is 0.890. The van der Waals surface area contributed by atoms with Crippen molar-refractivity contribution < 1.29 is 0 Å². The molecule has 21 heavy (non-hydrogen) atoms. The SMILES string of the molecule is CNCC(C)Cc1c(C)nc(-c2ccc(Br)cc2)nc1C. The van der Waals surface area contributed by atoms with Crippen LogP contribution in [0.15, 0.2) is 28.7 Å². The first-order valence-electron chi connectivity index (χ1n) is 7.26. The molecule has 1 aromatic carbocycles. The van der Waals surface area contributed by atoms with Gasteiger partial charge in [-0.1, -0.05) is 35.0 Å². The molecule has 0 radical (unpaired) electrons. The topological polar surface area (TPSA) is 37.8 Å². The highest BCUT2D eigenvalue weighted by molar-refractivity contribution is 9.10. The van der Waals surface area contributed by atoms with Crippen LogP contribution in [0.2, 0.25) is 0 Å². The molecule has 0 aliphatic carbocycles. The lowest BCUT2D eigenvalue weighted by molar-refractivity contribution is 0.537. The summed E-state index contributed by atoms with van der Waals surface area (Å²) in [7, 11) is 1.99. The zero-order chi connectivity index (χ0) is 15.4. The lowest BCUT2D eigenvalue weighted by Crippen LogP contribution is -2.19. The van der Waals surface area contributed by atoms with E-state index in [1.165, 1.54) is 5.56 Å². The van der Waals surface area contributed by atoms with Crippen molar-refractivity contribution in [2.24, 2.45) is 5.92 Å². The molecule has 112 valence electrons. The van der Waals surface area contributed by atoms with Crippen LogP contribution in [-0.4, -0.2) is 23.6 Å². The number of nitrogens with zero attached hydrogens (tertiary/aromatic N) is 2. The molecule has 1 unspecified atom stereocenters. The van der Waals surface area contributed by atoms with Gasteiger partial charge in [-0.25, -0.2) is 9.97 Å². The van der Waals surface area contributed by atoms with Gasteiger partial charge in [-0.2, -0.15) is 0 Å². The first-order valence-corrected chi connectivity index (χ1v) is 8.05. The molecular formula is C17H22BrN3. The Labute approximate surface area is 135 Å². The summed E-state index contributed by atoms with van der Waals surface area (Å²) in [5.74, 6) is 1.39. The predicted molar refractivity (Wildman–Crippen MR) is 91.4 cm³/mol. The Balaban J connectivity index is 2.30. The van der Waals surface area contributed by atoms with E-state index in [1.807, 2.05) is 31.3 Å². The first-order chi connectivity index (χ1) is 10.0. The minimum Gasteiger partial charge on any atom is -0.319 e. The number of benzene rings is 1. The van der Waals surface area contributed by atoms with Crippen molar-refractivity contribution in [3.05, 3.63) is 45.7 Å². The van der Waals surface area contributed by atoms with Crippen LogP contribution in [0, 0.1) is 19.8 Å². The van der Waals surface area contributed by atoms with Crippen LogP contribution in [-0.2, 0) is 6.42 Å². The second kappa shape index (κ2) is 7.14. The fourth-order valence-electron chi connectivity index (χ4n) is 2.53. The fraction of sp³-hybridized carbons (Fsp3) is 0.412. The molecule has 0 fully saturated rings. The summed E-state index contributed by atoms with van der Waals surface area (Å²) in [6.07, 6.45) is 1.01. The Morgan fingerprint density at radius 3 is 2.19 bits per heavy atom. The van der Waals surface area contributed by atoms with Gasteiger partial charge in [0.25, 0.3) is 0 Å². The van der Waals surface area contributed by atoms with Gasteiger partial charge in [0.05, 0.1) is 0 Å². The normalized spacial score (nSPS) is 12.4. The van der Waals surface area contributed by atoms with Crippen molar-refractivity contribution in [3.8, 4) is 11.4 Å². The van der Waals surface area contributed by atoms with Crippen molar-refractivity contribution in [1.29, 1.82) is 0 Å². The predicted octanol–water partition coefficient (Wildman–Crippen LogP) is 3.92. The van der Waals surface area contributed by atoms with Crippen molar-refractivity contribution in [1.82, 2.24) is 15.3 Å². The Kier molecular flexibility index (Phi) is 5.48. The molecule has 1 heterocycles. The van der Waals surface area contributed by atoms with Crippen LogP contribution in [0.3, 0.4) is 0 Å². The minimum atomic E-state index is 0.578. The fourth-order valence-corrected chi connectivity index (χ4v) is 2.80. The molecule has 3 nitrogen and oxygen atoms in total. The number of nitrogens with one attached hydrogen (secondary N) is 1. The summed E-state index contributed by atoms with van der Waals surface area (Å²) in [4.78, 5) is 9.40. The van der Waals surface area contributed by atoms with Gasteiger partial charge in [-0.15, -0.1) is 0 Å². The number of rotatable bonds is 5. The number of hydrogen-bond acceptors (Lipinski definition) is 3. The maximum absolute atomic E-state index is 4.70. The third-order valence-corrected chi connectivity index (χ3v) is 4.16. The summed E-state index contributed by atoms with van der Waals surface area (Å²) in [6.45, 7) is 7.42. The molecule has 0 saturated carbocycles. The van der Waals surface area contributed by atoms with Crippen LogP contribution >= 0.6 is 15.9 Å². The summed E-state index contributed by atoms with van der Waals surface area (Å²) < 4.78 is 1.07. The van der Waals surface area contributed by atoms with E-state index in [-0.39, 0.29) is 0 Å². The molecule has 4 heteroatoms. The average Bonchev–Trinajstić information content (AvgIpc) is 2.44.